The van der Waals surface area contributed by atoms with Crippen LogP contribution in [-0.4, -0.2) is 15.1 Å². The van der Waals surface area contributed by atoms with Gasteiger partial charge in [0.25, 0.3) is 0 Å². The summed E-state index contributed by atoms with van der Waals surface area (Å²) in [6, 6.07) is 3.65. The van der Waals surface area contributed by atoms with Crippen molar-refractivity contribution in [2.24, 2.45) is 0 Å². The Bertz CT molecular complexity index is 564. The molecule has 0 radical (unpaired) electrons. The van der Waals surface area contributed by atoms with Gasteiger partial charge in [0.2, 0.25) is 5.89 Å². The van der Waals surface area contributed by atoms with Gasteiger partial charge in [-0.2, -0.15) is 4.98 Å². The zero-order valence-corrected chi connectivity index (χ0v) is 16.5. The Morgan fingerprint density at radius 1 is 0.885 bits per heavy atom. The maximum Gasteiger partial charge on any atom is 0.225 e. The molecule has 4 nitrogen and oxygen atoms in total. The molecule has 0 aromatic carbocycles. The number of aliphatic hydroxyl groups excluding tert-OH is 1. The summed E-state index contributed by atoms with van der Waals surface area (Å²) in [5.74, 6) is 0.401. The summed E-state index contributed by atoms with van der Waals surface area (Å²) < 4.78 is 5.57. The van der Waals surface area contributed by atoms with Gasteiger partial charge in [-0.25, -0.2) is 4.98 Å². The molecule has 2 aromatic rings. The number of hydrogen-bond acceptors (Lipinski definition) is 4. The van der Waals surface area contributed by atoms with Gasteiger partial charge in [0.1, 0.15) is 6.10 Å². The minimum Gasteiger partial charge on any atom is -0.436 e. The lowest BCUT2D eigenvalue weighted by Crippen LogP contribution is -1.97. The number of aromatic nitrogens is 2. The van der Waals surface area contributed by atoms with E-state index in [2.05, 4.69) is 16.9 Å². The molecule has 0 aliphatic rings. The molecule has 0 saturated carbocycles. The smallest absolute Gasteiger partial charge is 0.225 e. The van der Waals surface area contributed by atoms with Crippen molar-refractivity contribution in [3.63, 3.8) is 0 Å². The maximum atomic E-state index is 10.2. The van der Waals surface area contributed by atoms with Gasteiger partial charge in [-0.3, -0.25) is 0 Å². The first-order valence-electron chi connectivity index (χ1n) is 10.7. The van der Waals surface area contributed by atoms with Gasteiger partial charge in [-0.05, 0) is 18.6 Å². The van der Waals surface area contributed by atoms with Gasteiger partial charge in [-0.1, -0.05) is 90.4 Å². The normalized spacial score (nSPS) is 12.7. The standard InChI is InChI=1S/C22H36N2O2/c1-2-3-4-5-6-7-8-9-10-11-12-13-14-16-19(25)22-24-21-20(26-22)17-15-18-23-21/h15,17-19,25H,2-14,16H2,1H3. The Labute approximate surface area is 158 Å². The summed E-state index contributed by atoms with van der Waals surface area (Å²) in [6.45, 7) is 2.27. The molecule has 2 heterocycles. The van der Waals surface area contributed by atoms with Crippen molar-refractivity contribution in [3.05, 3.63) is 24.2 Å². The monoisotopic (exact) mass is 360 g/mol. The Hall–Kier alpha value is -1.42. The van der Waals surface area contributed by atoms with Crippen LogP contribution in [0.4, 0.5) is 0 Å². The first-order valence-corrected chi connectivity index (χ1v) is 10.7. The number of hydrogen-bond donors (Lipinski definition) is 1. The molecule has 1 N–H and O–H groups in total. The number of nitrogens with zero attached hydrogens (tertiary/aromatic N) is 2. The number of rotatable bonds is 15. The van der Waals surface area contributed by atoms with Gasteiger partial charge in [0.05, 0.1) is 0 Å². The molecule has 2 rings (SSSR count). The molecule has 26 heavy (non-hydrogen) atoms. The second-order valence-electron chi connectivity index (χ2n) is 7.42. The lowest BCUT2D eigenvalue weighted by Gasteiger charge is -2.06. The van der Waals surface area contributed by atoms with Crippen molar-refractivity contribution < 1.29 is 9.52 Å². The van der Waals surface area contributed by atoms with E-state index in [1.54, 1.807) is 6.20 Å². The van der Waals surface area contributed by atoms with E-state index < -0.39 is 6.10 Å². The van der Waals surface area contributed by atoms with Crippen LogP contribution in [0.2, 0.25) is 0 Å². The summed E-state index contributed by atoms with van der Waals surface area (Å²) >= 11 is 0. The van der Waals surface area contributed by atoms with Crippen LogP contribution < -0.4 is 0 Å². The highest BCUT2D eigenvalue weighted by atomic mass is 16.4. The molecule has 1 atom stereocenters. The van der Waals surface area contributed by atoms with Crippen LogP contribution in [0.3, 0.4) is 0 Å². The highest BCUT2D eigenvalue weighted by Crippen LogP contribution is 2.23. The molecule has 146 valence electrons. The summed E-state index contributed by atoms with van der Waals surface area (Å²) in [5.41, 5.74) is 1.22. The molecule has 1 unspecified atom stereocenters. The highest BCUT2D eigenvalue weighted by Gasteiger charge is 2.15. The van der Waals surface area contributed by atoms with Crippen LogP contribution in [0.15, 0.2) is 22.7 Å². The van der Waals surface area contributed by atoms with Crippen molar-refractivity contribution in [1.29, 1.82) is 0 Å². The minimum absolute atomic E-state index is 0.401. The van der Waals surface area contributed by atoms with E-state index in [9.17, 15) is 5.11 Å². The van der Waals surface area contributed by atoms with Gasteiger partial charge in [0.15, 0.2) is 11.2 Å². The Morgan fingerprint density at radius 3 is 2.04 bits per heavy atom. The first-order chi connectivity index (χ1) is 12.8. The predicted molar refractivity (Wildman–Crippen MR) is 107 cm³/mol. The van der Waals surface area contributed by atoms with Crippen LogP contribution in [0.25, 0.3) is 11.2 Å². The zero-order valence-electron chi connectivity index (χ0n) is 16.5. The maximum absolute atomic E-state index is 10.2. The summed E-state index contributed by atoms with van der Waals surface area (Å²) in [5, 5.41) is 10.2. The van der Waals surface area contributed by atoms with Crippen molar-refractivity contribution >= 4 is 11.2 Å². The second-order valence-corrected chi connectivity index (χ2v) is 7.42. The number of aliphatic hydroxyl groups is 1. The van der Waals surface area contributed by atoms with E-state index in [0.717, 1.165) is 6.42 Å². The average molecular weight is 361 g/mol. The lowest BCUT2D eigenvalue weighted by molar-refractivity contribution is 0.133. The summed E-state index contributed by atoms with van der Waals surface area (Å²) in [4.78, 5) is 8.40. The molecule has 0 bridgehead atoms. The Morgan fingerprint density at radius 2 is 1.46 bits per heavy atom. The fraction of sp³-hybridized carbons (Fsp3) is 0.727. The van der Waals surface area contributed by atoms with E-state index in [0.29, 0.717) is 23.5 Å². The van der Waals surface area contributed by atoms with Crippen LogP contribution in [0.1, 0.15) is 109 Å². The first kappa shape index (κ1) is 20.9. The highest BCUT2D eigenvalue weighted by molar-refractivity contribution is 5.66. The number of pyridine rings is 1. The molecule has 0 saturated heterocycles. The molecular weight excluding hydrogens is 324 g/mol. The van der Waals surface area contributed by atoms with Crippen molar-refractivity contribution in [2.45, 2.75) is 103 Å². The third-order valence-corrected chi connectivity index (χ3v) is 5.05. The fourth-order valence-corrected chi connectivity index (χ4v) is 3.41. The van der Waals surface area contributed by atoms with Crippen molar-refractivity contribution in [2.75, 3.05) is 0 Å². The van der Waals surface area contributed by atoms with E-state index in [-0.39, 0.29) is 0 Å². The zero-order chi connectivity index (χ0) is 18.5. The number of unbranched alkanes of at least 4 members (excludes halogenated alkanes) is 12. The van der Waals surface area contributed by atoms with Crippen molar-refractivity contribution in [3.8, 4) is 0 Å². The third kappa shape index (κ3) is 7.86. The van der Waals surface area contributed by atoms with E-state index in [4.69, 9.17) is 4.42 Å². The second kappa shape index (κ2) is 12.9. The molecular formula is C22H36N2O2. The SMILES string of the molecule is CCCCCCCCCCCCCCCC(O)c1nc2ncccc2o1. The summed E-state index contributed by atoms with van der Waals surface area (Å²) in [6.07, 6.45) is 19.1. The van der Waals surface area contributed by atoms with Crippen molar-refractivity contribution in [1.82, 2.24) is 9.97 Å². The summed E-state index contributed by atoms with van der Waals surface area (Å²) in [7, 11) is 0. The minimum atomic E-state index is -0.614. The average Bonchev–Trinajstić information content (AvgIpc) is 3.09. The van der Waals surface area contributed by atoms with Gasteiger partial charge >= 0.3 is 0 Å². The fourth-order valence-electron chi connectivity index (χ4n) is 3.41. The van der Waals surface area contributed by atoms with Gasteiger partial charge in [-0.15, -0.1) is 0 Å². The number of oxazole rings is 1. The van der Waals surface area contributed by atoms with Crippen LogP contribution in [0.5, 0.6) is 0 Å². The van der Waals surface area contributed by atoms with Crippen LogP contribution in [-0.2, 0) is 0 Å². The molecule has 2 aromatic heterocycles. The van der Waals surface area contributed by atoms with E-state index in [1.807, 2.05) is 12.1 Å². The third-order valence-electron chi connectivity index (χ3n) is 5.05. The van der Waals surface area contributed by atoms with Crippen LogP contribution >= 0.6 is 0 Å². The molecule has 0 aliphatic heterocycles. The van der Waals surface area contributed by atoms with E-state index in [1.165, 1.54) is 77.0 Å². The Balaban J connectivity index is 1.43. The molecule has 0 fully saturated rings. The van der Waals surface area contributed by atoms with Gasteiger partial charge < -0.3 is 9.52 Å². The molecule has 0 amide bonds. The number of fused-ring (bicyclic) bond motifs is 1. The molecule has 0 aliphatic carbocycles. The lowest BCUT2D eigenvalue weighted by atomic mass is 10.0. The predicted octanol–water partition coefficient (Wildman–Crippen LogP) is 6.74. The quantitative estimate of drug-likeness (QED) is 0.357. The Kier molecular flexibility index (Phi) is 10.3. The topological polar surface area (TPSA) is 59.2 Å². The largest absolute Gasteiger partial charge is 0.436 e. The van der Waals surface area contributed by atoms with Crippen LogP contribution in [0, 0.1) is 0 Å². The molecule has 0 spiro atoms. The molecule has 4 heteroatoms. The van der Waals surface area contributed by atoms with E-state index >= 15 is 0 Å². The van der Waals surface area contributed by atoms with Gasteiger partial charge in [0, 0.05) is 6.20 Å².